The van der Waals surface area contributed by atoms with Crippen molar-refractivity contribution < 1.29 is 30.7 Å². The molecule has 2 aromatic heterocycles. The third-order valence-corrected chi connectivity index (χ3v) is 9.71. The molecule has 0 saturated heterocycles. The van der Waals surface area contributed by atoms with Gasteiger partial charge in [-0.25, -0.2) is 34.6 Å². The summed E-state index contributed by atoms with van der Waals surface area (Å²) in [5, 5.41) is 4.16. The number of hydrogen-bond acceptors (Lipinski definition) is 5. The third-order valence-electron chi connectivity index (χ3n) is 7.40. The molecule has 0 aliphatic carbocycles. The number of nitrogens with zero attached hydrogens (tertiary/aromatic N) is 3. The highest BCUT2D eigenvalue weighted by atomic mass is 79.9. The highest BCUT2D eigenvalue weighted by Gasteiger charge is 2.25. The van der Waals surface area contributed by atoms with Gasteiger partial charge in [-0.15, -0.1) is 0 Å². The summed E-state index contributed by atoms with van der Waals surface area (Å²) in [5.74, 6) is -5.07. The molecule has 2 heterocycles. The summed E-state index contributed by atoms with van der Waals surface area (Å²) in [7, 11) is -4.16. The van der Waals surface area contributed by atoms with Crippen LogP contribution in [0.2, 0.25) is 0 Å². The Morgan fingerprint density at radius 1 is 0.911 bits per heavy atom. The largest absolute Gasteiger partial charge is 0.451 e. The standard InChI is InChI=1S/C32H23BrF4N4O3S/c1-17-6-9-20(10-7-17)45(42,43)40-13-12-22-27(40)15-25(35)32(31(22)37)44-19-8-11-24(34)28(14-19)41-29(38)16-26(39-41)18(2)21-4-3-5-23(33)30(21)36/h3-16,18H,38H2,1-2H3. The first kappa shape index (κ1) is 30.4. The van der Waals surface area contributed by atoms with Crippen LogP contribution in [-0.4, -0.2) is 22.2 Å². The van der Waals surface area contributed by atoms with Crippen LogP contribution in [0.3, 0.4) is 0 Å². The third kappa shape index (κ3) is 5.35. The molecule has 6 aromatic rings. The summed E-state index contributed by atoms with van der Waals surface area (Å²) in [6, 6.07) is 17.7. The average Bonchev–Trinajstić information content (AvgIpc) is 3.61. The van der Waals surface area contributed by atoms with Crippen molar-refractivity contribution in [3.05, 3.63) is 130 Å². The van der Waals surface area contributed by atoms with Gasteiger partial charge in [0.2, 0.25) is 0 Å². The SMILES string of the molecule is Cc1ccc(S(=O)(=O)n2ccc3c(F)c(Oc4ccc(F)c(-n5nc(C(C)c6cccc(Br)c6F)cc5N)c4)c(F)cc32)cc1. The van der Waals surface area contributed by atoms with Gasteiger partial charge in [0.15, 0.2) is 17.4 Å². The van der Waals surface area contributed by atoms with Crippen LogP contribution in [0.4, 0.5) is 23.4 Å². The molecular weight excluding hydrogens is 676 g/mol. The van der Waals surface area contributed by atoms with Crippen molar-refractivity contribution in [2.45, 2.75) is 24.7 Å². The van der Waals surface area contributed by atoms with E-state index < -0.39 is 45.0 Å². The van der Waals surface area contributed by atoms with Gasteiger partial charge in [-0.05, 0) is 64.8 Å². The topological polar surface area (TPSA) is 92.1 Å². The highest BCUT2D eigenvalue weighted by molar-refractivity contribution is 9.10. The fourth-order valence-corrected chi connectivity index (χ4v) is 6.68. The molecule has 1 unspecified atom stereocenters. The van der Waals surface area contributed by atoms with Crippen LogP contribution in [0.1, 0.15) is 29.7 Å². The molecule has 6 rings (SSSR count). The fraction of sp³-hybridized carbons (Fsp3) is 0.0938. The quantitative estimate of drug-likeness (QED) is 0.170. The zero-order chi connectivity index (χ0) is 32.2. The maximum Gasteiger partial charge on any atom is 0.268 e. The molecule has 230 valence electrons. The second-order valence-corrected chi connectivity index (χ2v) is 13.0. The van der Waals surface area contributed by atoms with Crippen molar-refractivity contribution in [1.82, 2.24) is 13.8 Å². The Hall–Kier alpha value is -4.62. The molecule has 0 spiro atoms. The van der Waals surface area contributed by atoms with E-state index in [0.717, 1.165) is 44.7 Å². The number of nitrogens with two attached hydrogens (primary N) is 1. The molecule has 0 bridgehead atoms. The Morgan fingerprint density at radius 3 is 2.38 bits per heavy atom. The summed E-state index contributed by atoms with van der Waals surface area (Å²) >= 11 is 3.16. The minimum atomic E-state index is -4.16. The number of ether oxygens (including phenoxy) is 1. The predicted molar refractivity (Wildman–Crippen MR) is 165 cm³/mol. The molecule has 0 fully saturated rings. The lowest BCUT2D eigenvalue weighted by atomic mass is 9.97. The van der Waals surface area contributed by atoms with E-state index in [1.54, 1.807) is 44.2 Å². The van der Waals surface area contributed by atoms with Crippen LogP contribution < -0.4 is 10.5 Å². The summed E-state index contributed by atoms with van der Waals surface area (Å²) in [4.78, 5) is -0.0530. The molecule has 1 atom stereocenters. The van der Waals surface area contributed by atoms with E-state index >= 15 is 13.2 Å². The Labute approximate surface area is 263 Å². The van der Waals surface area contributed by atoms with E-state index in [0.29, 0.717) is 11.3 Å². The molecule has 0 amide bonds. The normalized spacial score (nSPS) is 12.5. The average molecular weight is 700 g/mol. The van der Waals surface area contributed by atoms with Gasteiger partial charge in [0.1, 0.15) is 28.9 Å². The van der Waals surface area contributed by atoms with Gasteiger partial charge < -0.3 is 10.5 Å². The first-order valence-electron chi connectivity index (χ1n) is 13.4. The van der Waals surface area contributed by atoms with Crippen LogP contribution in [0.15, 0.2) is 94.4 Å². The van der Waals surface area contributed by atoms with E-state index in [1.165, 1.54) is 24.3 Å². The zero-order valence-electron chi connectivity index (χ0n) is 23.6. The van der Waals surface area contributed by atoms with Crippen LogP contribution in [0, 0.1) is 30.2 Å². The smallest absolute Gasteiger partial charge is 0.268 e. The van der Waals surface area contributed by atoms with Crippen molar-refractivity contribution in [2.24, 2.45) is 0 Å². The molecule has 0 saturated carbocycles. The predicted octanol–water partition coefficient (Wildman–Crippen LogP) is 8.22. The molecule has 0 radical (unpaired) electrons. The first-order valence-corrected chi connectivity index (χ1v) is 15.7. The second-order valence-electron chi connectivity index (χ2n) is 10.3. The Bertz CT molecular complexity index is 2220. The van der Waals surface area contributed by atoms with Crippen molar-refractivity contribution in [3.63, 3.8) is 0 Å². The van der Waals surface area contributed by atoms with Crippen LogP contribution in [0.25, 0.3) is 16.6 Å². The number of hydrogen-bond donors (Lipinski definition) is 1. The van der Waals surface area contributed by atoms with Gasteiger partial charge in [0, 0.05) is 35.7 Å². The Morgan fingerprint density at radius 2 is 1.64 bits per heavy atom. The van der Waals surface area contributed by atoms with Gasteiger partial charge in [-0.3, -0.25) is 0 Å². The van der Waals surface area contributed by atoms with Crippen molar-refractivity contribution >= 4 is 42.7 Å². The van der Waals surface area contributed by atoms with E-state index in [2.05, 4.69) is 21.0 Å². The lowest BCUT2D eigenvalue weighted by Gasteiger charge is -2.13. The number of rotatable bonds is 7. The summed E-state index contributed by atoms with van der Waals surface area (Å²) in [5.41, 5.74) is 7.26. The number of anilines is 1. The Balaban J connectivity index is 1.34. The number of nitrogen functional groups attached to an aromatic ring is 1. The van der Waals surface area contributed by atoms with E-state index in [1.807, 2.05) is 0 Å². The number of fused-ring (bicyclic) bond motifs is 1. The van der Waals surface area contributed by atoms with Gasteiger partial charge in [-0.1, -0.05) is 36.8 Å². The molecule has 45 heavy (non-hydrogen) atoms. The van der Waals surface area contributed by atoms with Crippen molar-refractivity contribution in [2.75, 3.05) is 5.73 Å². The van der Waals surface area contributed by atoms with Gasteiger partial charge >= 0.3 is 0 Å². The van der Waals surface area contributed by atoms with E-state index in [-0.39, 0.29) is 37.5 Å². The van der Waals surface area contributed by atoms with E-state index in [9.17, 15) is 12.8 Å². The van der Waals surface area contributed by atoms with Crippen LogP contribution >= 0.6 is 15.9 Å². The lowest BCUT2D eigenvalue weighted by Crippen LogP contribution is -2.12. The summed E-state index contributed by atoms with van der Waals surface area (Å²) < 4.78 is 94.8. The minimum Gasteiger partial charge on any atom is -0.451 e. The van der Waals surface area contributed by atoms with Crippen LogP contribution in [0.5, 0.6) is 11.5 Å². The summed E-state index contributed by atoms with van der Waals surface area (Å²) in [6.45, 7) is 3.51. The maximum atomic E-state index is 15.6. The molecule has 4 aromatic carbocycles. The van der Waals surface area contributed by atoms with E-state index in [4.69, 9.17) is 10.5 Å². The molecule has 7 nitrogen and oxygen atoms in total. The Kier molecular flexibility index (Phi) is 7.69. The number of halogens is 5. The zero-order valence-corrected chi connectivity index (χ0v) is 26.0. The van der Waals surface area contributed by atoms with Gasteiger partial charge in [-0.2, -0.15) is 5.10 Å². The lowest BCUT2D eigenvalue weighted by molar-refractivity contribution is 0.410. The number of aryl methyl sites for hydroxylation is 1. The van der Waals surface area contributed by atoms with Gasteiger partial charge in [0.25, 0.3) is 10.0 Å². The molecule has 0 aliphatic rings. The maximum absolute atomic E-state index is 15.6. The molecule has 13 heteroatoms. The molecular formula is C32H23BrF4N4O3S. The van der Waals surface area contributed by atoms with Crippen molar-refractivity contribution in [3.8, 4) is 17.2 Å². The summed E-state index contributed by atoms with van der Waals surface area (Å²) in [6.07, 6.45) is 1.13. The van der Waals surface area contributed by atoms with Crippen molar-refractivity contribution in [1.29, 1.82) is 0 Å². The number of benzene rings is 4. The fourth-order valence-electron chi connectivity index (χ4n) is 4.96. The number of aromatic nitrogens is 3. The second kappa shape index (κ2) is 11.4. The molecule has 2 N–H and O–H groups in total. The minimum absolute atomic E-state index is 0.0261. The molecule has 0 aliphatic heterocycles. The monoisotopic (exact) mass is 698 g/mol. The van der Waals surface area contributed by atoms with Crippen LogP contribution in [-0.2, 0) is 10.0 Å². The highest BCUT2D eigenvalue weighted by Crippen LogP contribution is 2.37. The first-order chi connectivity index (χ1) is 21.4. The van der Waals surface area contributed by atoms with Gasteiger partial charge in [0.05, 0.1) is 20.6 Å².